The molecule has 0 spiro atoms. The topological polar surface area (TPSA) is 110 Å². The minimum atomic E-state index is -3.85. The molecule has 0 radical (unpaired) electrons. The molecule has 2 amide bonds. The maximum Gasteiger partial charge on any atom is 0.264 e. The highest BCUT2D eigenvalue weighted by Crippen LogP contribution is 2.23. The van der Waals surface area contributed by atoms with E-state index in [9.17, 15) is 18.0 Å². The van der Waals surface area contributed by atoms with Crippen LogP contribution in [0.25, 0.3) is 0 Å². The number of nitrogens with one attached hydrogen (secondary N) is 1. The van der Waals surface area contributed by atoms with Crippen LogP contribution in [0.1, 0.15) is 31.8 Å². The summed E-state index contributed by atoms with van der Waals surface area (Å²) in [7, 11) is -2.39. The molecule has 3 aromatic carbocycles. The molecule has 0 bridgehead atoms. The largest absolute Gasteiger partial charge is 0.366 e. The fourth-order valence-electron chi connectivity index (χ4n) is 3.07. The van der Waals surface area contributed by atoms with Crippen molar-refractivity contribution in [2.24, 2.45) is 5.73 Å². The number of carbonyl (C=O) groups is 2. The van der Waals surface area contributed by atoms with Crippen molar-refractivity contribution in [1.82, 2.24) is 0 Å². The summed E-state index contributed by atoms with van der Waals surface area (Å²) in [5, 5.41) is 2.71. The summed E-state index contributed by atoms with van der Waals surface area (Å²) in [6, 6.07) is 17.7. The van der Waals surface area contributed by atoms with E-state index < -0.39 is 21.8 Å². The number of hydrogen-bond donors (Lipinski definition) is 2. The van der Waals surface area contributed by atoms with Gasteiger partial charge in [-0.1, -0.05) is 23.8 Å². The van der Waals surface area contributed by atoms with Crippen LogP contribution in [-0.2, 0) is 10.0 Å². The number of amides is 2. The molecule has 8 heteroatoms. The molecule has 3 aromatic rings. The molecule has 0 aliphatic rings. The predicted octanol–water partition coefficient (Wildman–Crippen LogP) is 3.48. The number of carbonyl (C=O) groups excluding carboxylic acids is 2. The minimum absolute atomic E-state index is 0.00322. The van der Waals surface area contributed by atoms with Crippen LogP contribution >= 0.6 is 0 Å². The second-order valence-electron chi connectivity index (χ2n) is 7.18. The van der Waals surface area contributed by atoms with Crippen LogP contribution in [0.5, 0.6) is 0 Å². The highest BCUT2D eigenvalue weighted by atomic mass is 32.2. The lowest BCUT2D eigenvalue weighted by Crippen LogP contribution is -2.26. The standard InChI is InChI=1S/C23H23N3O4S/c1-15-7-10-19(11-8-15)26(3)31(29,30)20-6-4-5-17(14-20)23(28)25-18-9-12-21(22(24)27)16(2)13-18/h4-14H,1-3H3,(H2,24,27)(H,25,28). The van der Waals surface area contributed by atoms with Gasteiger partial charge in [0.25, 0.3) is 15.9 Å². The molecule has 0 saturated heterocycles. The third kappa shape index (κ3) is 4.75. The quantitative estimate of drug-likeness (QED) is 0.615. The zero-order valence-electron chi connectivity index (χ0n) is 17.4. The fraction of sp³-hybridized carbons (Fsp3) is 0.130. The van der Waals surface area contributed by atoms with E-state index in [2.05, 4.69) is 5.32 Å². The van der Waals surface area contributed by atoms with Gasteiger partial charge in [0.2, 0.25) is 5.91 Å². The van der Waals surface area contributed by atoms with E-state index in [1.165, 1.54) is 41.7 Å². The number of nitrogens with zero attached hydrogens (tertiary/aromatic N) is 1. The van der Waals surface area contributed by atoms with Crippen LogP contribution in [0.3, 0.4) is 0 Å². The summed E-state index contributed by atoms with van der Waals surface area (Å²) in [6.45, 7) is 3.63. The van der Waals surface area contributed by atoms with Gasteiger partial charge in [0.1, 0.15) is 0 Å². The van der Waals surface area contributed by atoms with Crippen LogP contribution in [0.2, 0.25) is 0 Å². The van der Waals surface area contributed by atoms with E-state index in [0.717, 1.165) is 5.56 Å². The van der Waals surface area contributed by atoms with E-state index in [-0.39, 0.29) is 10.5 Å². The summed E-state index contributed by atoms with van der Waals surface area (Å²) < 4.78 is 27.3. The number of rotatable bonds is 6. The monoisotopic (exact) mass is 437 g/mol. The van der Waals surface area contributed by atoms with E-state index in [1.807, 2.05) is 19.1 Å². The Morgan fingerprint density at radius 2 is 1.61 bits per heavy atom. The highest BCUT2D eigenvalue weighted by molar-refractivity contribution is 7.92. The van der Waals surface area contributed by atoms with Crippen molar-refractivity contribution in [2.45, 2.75) is 18.7 Å². The lowest BCUT2D eigenvalue weighted by molar-refractivity contribution is 0.0997. The van der Waals surface area contributed by atoms with Gasteiger partial charge >= 0.3 is 0 Å². The average Bonchev–Trinajstić information content (AvgIpc) is 2.73. The normalized spacial score (nSPS) is 11.1. The average molecular weight is 438 g/mol. The molecule has 31 heavy (non-hydrogen) atoms. The van der Waals surface area contributed by atoms with Gasteiger partial charge in [-0.2, -0.15) is 0 Å². The van der Waals surface area contributed by atoms with Gasteiger partial charge in [-0.25, -0.2) is 8.42 Å². The van der Waals surface area contributed by atoms with Crippen molar-refractivity contribution >= 4 is 33.2 Å². The van der Waals surface area contributed by atoms with Gasteiger partial charge in [-0.3, -0.25) is 13.9 Å². The Labute approximate surface area is 181 Å². The molecule has 3 rings (SSSR count). The smallest absolute Gasteiger partial charge is 0.264 e. The molecule has 0 saturated carbocycles. The molecule has 0 heterocycles. The van der Waals surface area contributed by atoms with Gasteiger partial charge in [0.15, 0.2) is 0 Å². The number of anilines is 2. The van der Waals surface area contributed by atoms with E-state index in [0.29, 0.717) is 22.5 Å². The molecule has 0 aliphatic carbocycles. The predicted molar refractivity (Wildman–Crippen MR) is 121 cm³/mol. The van der Waals surface area contributed by atoms with Gasteiger partial charge in [-0.15, -0.1) is 0 Å². The van der Waals surface area contributed by atoms with E-state index in [1.54, 1.807) is 31.2 Å². The van der Waals surface area contributed by atoms with Crippen LogP contribution in [0.4, 0.5) is 11.4 Å². The van der Waals surface area contributed by atoms with Gasteiger partial charge in [0.05, 0.1) is 10.6 Å². The fourth-order valence-corrected chi connectivity index (χ4v) is 4.31. The molecule has 0 unspecified atom stereocenters. The van der Waals surface area contributed by atoms with Crippen LogP contribution in [0, 0.1) is 13.8 Å². The first-order valence-electron chi connectivity index (χ1n) is 9.47. The minimum Gasteiger partial charge on any atom is -0.366 e. The van der Waals surface area contributed by atoms with E-state index in [4.69, 9.17) is 5.73 Å². The Morgan fingerprint density at radius 1 is 0.935 bits per heavy atom. The highest BCUT2D eigenvalue weighted by Gasteiger charge is 2.22. The summed E-state index contributed by atoms with van der Waals surface area (Å²) in [5.41, 5.74) is 8.49. The maximum absolute atomic E-state index is 13.0. The number of nitrogens with two attached hydrogens (primary N) is 1. The number of sulfonamides is 1. The molecule has 0 aliphatic heterocycles. The molecule has 3 N–H and O–H groups in total. The molecular weight excluding hydrogens is 414 g/mol. The second-order valence-corrected chi connectivity index (χ2v) is 9.15. The van der Waals surface area contributed by atoms with Crippen molar-refractivity contribution < 1.29 is 18.0 Å². The van der Waals surface area contributed by atoms with Gasteiger partial charge in [-0.05, 0) is 67.9 Å². The summed E-state index contributed by atoms with van der Waals surface area (Å²) in [6.07, 6.45) is 0. The molecule has 160 valence electrons. The van der Waals surface area contributed by atoms with Crippen molar-refractivity contribution in [1.29, 1.82) is 0 Å². The number of benzene rings is 3. The third-order valence-electron chi connectivity index (χ3n) is 4.90. The molecule has 0 fully saturated rings. The molecule has 0 aromatic heterocycles. The Kier molecular flexibility index (Phi) is 6.12. The zero-order valence-corrected chi connectivity index (χ0v) is 18.2. The first-order valence-corrected chi connectivity index (χ1v) is 10.9. The number of primary amides is 1. The molecular formula is C23H23N3O4S. The second kappa shape index (κ2) is 8.61. The number of hydrogen-bond acceptors (Lipinski definition) is 4. The zero-order chi connectivity index (χ0) is 22.8. The Balaban J connectivity index is 1.85. The van der Waals surface area contributed by atoms with E-state index >= 15 is 0 Å². The van der Waals surface area contributed by atoms with Crippen molar-refractivity contribution in [2.75, 3.05) is 16.7 Å². The van der Waals surface area contributed by atoms with Crippen molar-refractivity contribution in [3.8, 4) is 0 Å². The van der Waals surface area contributed by atoms with Crippen LogP contribution in [0.15, 0.2) is 71.6 Å². The summed E-state index contributed by atoms with van der Waals surface area (Å²) in [5.74, 6) is -1.02. The Bertz CT molecular complexity index is 1250. The van der Waals surface area contributed by atoms with Crippen LogP contribution in [-0.4, -0.2) is 27.3 Å². The SMILES string of the molecule is Cc1ccc(N(C)S(=O)(=O)c2cccc(C(=O)Nc3ccc(C(N)=O)c(C)c3)c2)cc1. The van der Waals surface area contributed by atoms with Crippen molar-refractivity contribution in [3.05, 3.63) is 89.0 Å². The van der Waals surface area contributed by atoms with Crippen LogP contribution < -0.4 is 15.4 Å². The lowest BCUT2D eigenvalue weighted by Gasteiger charge is -2.20. The van der Waals surface area contributed by atoms with Gasteiger partial charge < -0.3 is 11.1 Å². The summed E-state index contributed by atoms with van der Waals surface area (Å²) in [4.78, 5) is 24.0. The molecule has 7 nitrogen and oxygen atoms in total. The maximum atomic E-state index is 13.0. The molecule has 0 atom stereocenters. The first-order chi connectivity index (χ1) is 14.6. The lowest BCUT2D eigenvalue weighted by atomic mass is 10.1. The third-order valence-corrected chi connectivity index (χ3v) is 6.68. The van der Waals surface area contributed by atoms with Gasteiger partial charge in [0, 0.05) is 23.9 Å². The summed E-state index contributed by atoms with van der Waals surface area (Å²) >= 11 is 0. The van der Waals surface area contributed by atoms with Crippen molar-refractivity contribution in [3.63, 3.8) is 0 Å². The number of aryl methyl sites for hydroxylation is 2. The Morgan fingerprint density at radius 3 is 2.23 bits per heavy atom. The first kappa shape index (κ1) is 22.0. The Hall–Kier alpha value is -3.65.